The van der Waals surface area contributed by atoms with E-state index in [1.807, 2.05) is 60.7 Å². The van der Waals surface area contributed by atoms with Gasteiger partial charge in [-0.1, -0.05) is 60.7 Å². The van der Waals surface area contributed by atoms with Crippen molar-refractivity contribution in [3.63, 3.8) is 0 Å². The van der Waals surface area contributed by atoms with Gasteiger partial charge in [0.2, 0.25) is 0 Å². The number of esters is 1. The molecule has 0 radical (unpaired) electrons. The Bertz CT molecular complexity index is 1570. The third kappa shape index (κ3) is 4.81. The molecular weight excluding hydrogens is 470 g/mol. The Labute approximate surface area is 213 Å². The van der Waals surface area contributed by atoms with Crippen molar-refractivity contribution in [2.24, 2.45) is 4.99 Å². The van der Waals surface area contributed by atoms with Gasteiger partial charge < -0.3 is 14.2 Å². The van der Waals surface area contributed by atoms with Gasteiger partial charge in [-0.2, -0.15) is 0 Å². The van der Waals surface area contributed by atoms with Gasteiger partial charge in [0.25, 0.3) is 0 Å². The van der Waals surface area contributed by atoms with E-state index < -0.39 is 0 Å². The van der Waals surface area contributed by atoms with E-state index in [9.17, 15) is 4.79 Å². The predicted molar refractivity (Wildman–Crippen MR) is 146 cm³/mol. The lowest BCUT2D eigenvalue weighted by atomic mass is 10.1. The molecule has 0 N–H and O–H groups in total. The number of thiophene rings is 1. The Morgan fingerprint density at radius 3 is 2.53 bits per heavy atom. The summed E-state index contributed by atoms with van der Waals surface area (Å²) < 4.78 is 18.0. The Kier molecular flexibility index (Phi) is 6.96. The average molecular weight is 496 g/mol. The van der Waals surface area contributed by atoms with Gasteiger partial charge >= 0.3 is 5.97 Å². The highest BCUT2D eigenvalue weighted by Gasteiger charge is 2.19. The van der Waals surface area contributed by atoms with Crippen molar-refractivity contribution < 1.29 is 19.0 Å². The van der Waals surface area contributed by atoms with Crippen molar-refractivity contribution in [1.82, 2.24) is 0 Å². The molecule has 5 nitrogen and oxygen atoms in total. The van der Waals surface area contributed by atoms with Crippen LogP contribution in [0.5, 0.6) is 11.5 Å². The number of ether oxygens (including phenoxy) is 3. The molecule has 0 bridgehead atoms. The number of rotatable bonds is 8. The van der Waals surface area contributed by atoms with Crippen molar-refractivity contribution in [3.05, 3.63) is 102 Å². The van der Waals surface area contributed by atoms with Gasteiger partial charge in [0.05, 0.1) is 13.7 Å². The predicted octanol–water partition coefficient (Wildman–Crippen LogP) is 7.57. The molecule has 0 fully saturated rings. The molecule has 0 atom stereocenters. The number of fused-ring (bicyclic) bond motifs is 2. The van der Waals surface area contributed by atoms with E-state index in [4.69, 9.17) is 14.2 Å². The van der Waals surface area contributed by atoms with Crippen LogP contribution in [0.4, 0.5) is 5.00 Å². The van der Waals surface area contributed by atoms with E-state index in [2.05, 4.69) is 29.3 Å². The molecule has 0 aliphatic carbocycles. The number of aliphatic imine (C=N–C) groups is 1. The molecule has 0 saturated carbocycles. The Morgan fingerprint density at radius 1 is 0.917 bits per heavy atom. The van der Waals surface area contributed by atoms with E-state index in [-0.39, 0.29) is 5.97 Å². The summed E-state index contributed by atoms with van der Waals surface area (Å²) in [4.78, 5) is 17.3. The molecule has 0 aliphatic heterocycles. The average Bonchev–Trinajstić information content (AvgIpc) is 3.29. The smallest absolute Gasteiger partial charge is 0.341 e. The third-order valence-corrected chi connectivity index (χ3v) is 6.92. The van der Waals surface area contributed by atoms with Crippen LogP contribution in [0.1, 0.15) is 28.4 Å². The fourth-order valence-electron chi connectivity index (χ4n) is 4.11. The summed E-state index contributed by atoms with van der Waals surface area (Å²) >= 11 is 1.46. The van der Waals surface area contributed by atoms with Crippen LogP contribution in [-0.4, -0.2) is 25.9 Å². The second-order valence-corrected chi connectivity index (χ2v) is 9.12. The lowest BCUT2D eigenvalue weighted by Crippen LogP contribution is -2.03. The molecule has 4 aromatic carbocycles. The third-order valence-electron chi connectivity index (χ3n) is 5.84. The number of hydrogen-bond acceptors (Lipinski definition) is 6. The van der Waals surface area contributed by atoms with Crippen molar-refractivity contribution in [1.29, 1.82) is 0 Å². The van der Waals surface area contributed by atoms with E-state index >= 15 is 0 Å². The first-order valence-corrected chi connectivity index (χ1v) is 12.5. The molecule has 1 aromatic heterocycles. The highest BCUT2D eigenvalue weighted by Crippen LogP contribution is 2.38. The van der Waals surface area contributed by atoms with Gasteiger partial charge in [0.15, 0.2) is 11.5 Å². The maximum Gasteiger partial charge on any atom is 0.341 e. The molecule has 1 heterocycles. The molecule has 36 heavy (non-hydrogen) atoms. The normalized spacial score (nSPS) is 11.3. The van der Waals surface area contributed by atoms with E-state index in [1.165, 1.54) is 22.1 Å². The van der Waals surface area contributed by atoms with Gasteiger partial charge in [-0.3, -0.25) is 0 Å². The van der Waals surface area contributed by atoms with E-state index in [0.717, 1.165) is 21.2 Å². The number of hydrogen-bond donors (Lipinski definition) is 0. The summed E-state index contributed by atoms with van der Waals surface area (Å²) in [6, 6.07) is 27.9. The minimum atomic E-state index is -0.364. The lowest BCUT2D eigenvalue weighted by Gasteiger charge is -2.12. The van der Waals surface area contributed by atoms with Crippen LogP contribution in [0, 0.1) is 0 Å². The van der Waals surface area contributed by atoms with Crippen LogP contribution in [0.25, 0.3) is 20.9 Å². The van der Waals surface area contributed by atoms with Gasteiger partial charge in [0, 0.05) is 16.3 Å². The molecule has 0 saturated heterocycles. The molecule has 180 valence electrons. The zero-order valence-electron chi connectivity index (χ0n) is 20.1. The van der Waals surface area contributed by atoms with Crippen LogP contribution in [0.3, 0.4) is 0 Å². The molecule has 0 amide bonds. The zero-order chi connectivity index (χ0) is 24.9. The topological polar surface area (TPSA) is 57.1 Å². The summed E-state index contributed by atoms with van der Waals surface area (Å²) in [6.07, 6.45) is 1.73. The molecule has 6 heteroatoms. The quantitative estimate of drug-likeness (QED) is 0.165. The first kappa shape index (κ1) is 23.6. The van der Waals surface area contributed by atoms with Crippen molar-refractivity contribution >= 4 is 49.4 Å². The number of carbonyl (C=O) groups excluding carboxylic acids is 1. The zero-order valence-corrected chi connectivity index (χ0v) is 20.9. The molecular formula is C30H25NO4S. The van der Waals surface area contributed by atoms with Gasteiger partial charge in [0.1, 0.15) is 17.2 Å². The van der Waals surface area contributed by atoms with Gasteiger partial charge in [-0.05, 0) is 53.1 Å². The van der Waals surface area contributed by atoms with E-state index in [1.54, 1.807) is 20.2 Å². The largest absolute Gasteiger partial charge is 0.493 e. The fourth-order valence-corrected chi connectivity index (χ4v) is 5.15. The lowest BCUT2D eigenvalue weighted by molar-refractivity contribution is 0.0530. The van der Waals surface area contributed by atoms with Crippen LogP contribution in [0.2, 0.25) is 0 Å². The van der Waals surface area contributed by atoms with Crippen LogP contribution in [0.15, 0.2) is 89.9 Å². The summed E-state index contributed by atoms with van der Waals surface area (Å²) in [5, 5.41) is 3.82. The maximum absolute atomic E-state index is 12.6. The Morgan fingerprint density at radius 2 is 1.69 bits per heavy atom. The highest BCUT2D eigenvalue weighted by molar-refractivity contribution is 7.23. The van der Waals surface area contributed by atoms with Gasteiger partial charge in [-0.15, -0.1) is 11.3 Å². The number of nitrogens with zero attached hydrogens (tertiary/aromatic N) is 1. The van der Waals surface area contributed by atoms with Crippen molar-refractivity contribution in [2.75, 3.05) is 13.7 Å². The SMILES string of the molecule is CCOC(=O)c1c(N=Cc2ccc(OCc3cccc4ccccc34)c(OC)c2)sc2ccccc12. The minimum absolute atomic E-state index is 0.309. The molecule has 0 unspecified atom stereocenters. The van der Waals surface area contributed by atoms with Gasteiger partial charge in [-0.25, -0.2) is 9.79 Å². The summed E-state index contributed by atoms with van der Waals surface area (Å²) in [5.74, 6) is 0.898. The van der Waals surface area contributed by atoms with Crippen LogP contribution >= 0.6 is 11.3 Å². The summed E-state index contributed by atoms with van der Waals surface area (Å²) in [6.45, 7) is 2.53. The molecule has 0 aliphatic rings. The molecule has 0 spiro atoms. The second kappa shape index (κ2) is 10.6. The van der Waals surface area contributed by atoms with E-state index in [0.29, 0.717) is 35.3 Å². The van der Waals surface area contributed by atoms with Crippen molar-refractivity contribution in [2.45, 2.75) is 13.5 Å². The first-order valence-electron chi connectivity index (χ1n) is 11.7. The number of benzene rings is 4. The monoisotopic (exact) mass is 495 g/mol. The fraction of sp³-hybridized carbons (Fsp3) is 0.133. The van der Waals surface area contributed by atoms with Crippen LogP contribution in [-0.2, 0) is 11.3 Å². The standard InChI is InChI=1S/C30H25NO4S/c1-3-34-30(32)28-24-13-6-7-14-27(24)36-29(28)31-18-20-15-16-25(26(17-20)33-2)35-19-22-11-8-10-21-9-4-5-12-23(21)22/h4-18H,3,19H2,1-2H3. The Balaban J connectivity index is 1.39. The molecule has 5 rings (SSSR count). The highest BCUT2D eigenvalue weighted by atomic mass is 32.1. The first-order chi connectivity index (χ1) is 17.7. The maximum atomic E-state index is 12.6. The second-order valence-electron chi connectivity index (χ2n) is 8.09. The van der Waals surface area contributed by atoms with Crippen molar-refractivity contribution in [3.8, 4) is 11.5 Å². The summed E-state index contributed by atoms with van der Waals surface area (Å²) in [5.41, 5.74) is 2.43. The number of methoxy groups -OCH3 is 1. The summed E-state index contributed by atoms with van der Waals surface area (Å²) in [7, 11) is 1.62. The number of carbonyl (C=O) groups is 1. The Hall–Kier alpha value is -4.16. The molecule has 5 aromatic rings. The minimum Gasteiger partial charge on any atom is -0.493 e. The van der Waals surface area contributed by atoms with Crippen LogP contribution < -0.4 is 9.47 Å².